The normalized spacial score (nSPS) is 11.1. The number of furan rings is 1. The highest BCUT2D eigenvalue weighted by Crippen LogP contribution is 2.22. The second-order valence-electron chi connectivity index (χ2n) is 3.50. The highest BCUT2D eigenvalue weighted by molar-refractivity contribution is 5.83. The highest BCUT2D eigenvalue weighted by atomic mass is 16.3. The molecule has 6 nitrogen and oxygen atoms in total. The lowest BCUT2D eigenvalue weighted by molar-refractivity contribution is 0.615. The number of aromatic amines is 1. The van der Waals surface area contributed by atoms with Gasteiger partial charge in [-0.3, -0.25) is 5.10 Å². The zero-order valence-corrected chi connectivity index (χ0v) is 8.56. The maximum Gasteiger partial charge on any atom is 0.194 e. The summed E-state index contributed by atoms with van der Waals surface area (Å²) in [5.41, 5.74) is 8.58. The van der Waals surface area contributed by atoms with Crippen LogP contribution in [0.1, 0.15) is 5.69 Å². The van der Waals surface area contributed by atoms with Crippen molar-refractivity contribution in [1.29, 1.82) is 0 Å². The maximum absolute atomic E-state index is 5.76. The maximum atomic E-state index is 5.76. The van der Waals surface area contributed by atoms with Crippen LogP contribution < -0.4 is 5.73 Å². The molecule has 3 N–H and O–H groups in total. The Kier molecular flexibility index (Phi) is 1.70. The topological polar surface area (TPSA) is 93.6 Å². The van der Waals surface area contributed by atoms with Gasteiger partial charge in [0, 0.05) is 11.8 Å². The molecule has 0 aliphatic carbocycles. The van der Waals surface area contributed by atoms with Gasteiger partial charge in [-0.15, -0.1) is 0 Å². The highest BCUT2D eigenvalue weighted by Gasteiger charge is 2.11. The first kappa shape index (κ1) is 8.90. The van der Waals surface area contributed by atoms with Gasteiger partial charge in [0.1, 0.15) is 11.2 Å². The number of hydrogen-bond acceptors (Lipinski definition) is 5. The number of nitrogens with one attached hydrogen (secondary N) is 1. The van der Waals surface area contributed by atoms with Crippen LogP contribution in [0, 0.1) is 6.92 Å². The van der Waals surface area contributed by atoms with E-state index in [1.807, 2.05) is 13.0 Å². The quantitative estimate of drug-likeness (QED) is 0.641. The first-order valence-electron chi connectivity index (χ1n) is 4.77. The van der Waals surface area contributed by atoms with Crippen molar-refractivity contribution in [2.45, 2.75) is 6.92 Å². The predicted molar refractivity (Wildman–Crippen MR) is 58.5 cm³/mol. The molecule has 0 saturated heterocycles. The number of H-pyrrole nitrogens is 1. The Labute approximate surface area is 90.5 Å². The van der Waals surface area contributed by atoms with Gasteiger partial charge in [-0.2, -0.15) is 5.10 Å². The third-order valence-electron chi connectivity index (χ3n) is 2.26. The van der Waals surface area contributed by atoms with Crippen molar-refractivity contribution >= 4 is 16.9 Å². The van der Waals surface area contributed by atoms with Crippen LogP contribution in [-0.4, -0.2) is 20.2 Å². The first-order valence-corrected chi connectivity index (χ1v) is 4.77. The molecule has 0 bridgehead atoms. The van der Waals surface area contributed by atoms with Crippen LogP contribution >= 0.6 is 0 Å². The van der Waals surface area contributed by atoms with Crippen LogP contribution in [0.15, 0.2) is 22.8 Å². The monoisotopic (exact) mass is 215 g/mol. The lowest BCUT2D eigenvalue weighted by Crippen LogP contribution is -1.96. The molecule has 16 heavy (non-hydrogen) atoms. The lowest BCUT2D eigenvalue weighted by Gasteiger charge is -1.97. The van der Waals surface area contributed by atoms with E-state index in [1.54, 1.807) is 6.07 Å². The molecule has 0 radical (unpaired) electrons. The van der Waals surface area contributed by atoms with Crippen molar-refractivity contribution < 1.29 is 4.42 Å². The molecular weight excluding hydrogens is 206 g/mol. The molecule has 0 saturated carbocycles. The molecule has 80 valence electrons. The molecule has 3 aromatic rings. The molecule has 0 fully saturated rings. The van der Waals surface area contributed by atoms with Crippen LogP contribution in [0.5, 0.6) is 0 Å². The summed E-state index contributed by atoms with van der Waals surface area (Å²) in [6.07, 6.45) is 1.54. The molecule has 0 amide bonds. The third kappa shape index (κ3) is 1.23. The van der Waals surface area contributed by atoms with Crippen LogP contribution in [0.2, 0.25) is 0 Å². The van der Waals surface area contributed by atoms with Gasteiger partial charge in [-0.1, -0.05) is 0 Å². The van der Waals surface area contributed by atoms with E-state index >= 15 is 0 Å². The summed E-state index contributed by atoms with van der Waals surface area (Å²) < 4.78 is 5.17. The molecule has 0 aromatic carbocycles. The van der Waals surface area contributed by atoms with Gasteiger partial charge < -0.3 is 10.2 Å². The zero-order valence-electron chi connectivity index (χ0n) is 8.56. The fraction of sp³-hybridized carbons (Fsp3) is 0.100. The Morgan fingerprint density at radius 2 is 2.25 bits per heavy atom. The Balaban J connectivity index is 2.24. The summed E-state index contributed by atoms with van der Waals surface area (Å²) >= 11 is 0. The van der Waals surface area contributed by atoms with Crippen molar-refractivity contribution in [3.8, 4) is 11.5 Å². The fourth-order valence-electron chi connectivity index (χ4n) is 1.53. The van der Waals surface area contributed by atoms with E-state index < -0.39 is 0 Å². The largest absolute Gasteiger partial charge is 0.459 e. The molecule has 3 aromatic heterocycles. The molecule has 6 heteroatoms. The number of hydrogen-bond donors (Lipinski definition) is 2. The average Bonchev–Trinajstić information content (AvgIpc) is 2.85. The van der Waals surface area contributed by atoms with Gasteiger partial charge >= 0.3 is 0 Å². The lowest BCUT2D eigenvalue weighted by atomic mass is 10.3. The fourth-order valence-corrected chi connectivity index (χ4v) is 1.53. The van der Waals surface area contributed by atoms with Crippen molar-refractivity contribution in [3.05, 3.63) is 24.1 Å². The van der Waals surface area contributed by atoms with Crippen LogP contribution in [0.3, 0.4) is 0 Å². The van der Waals surface area contributed by atoms with Crippen LogP contribution in [0.25, 0.3) is 22.6 Å². The van der Waals surface area contributed by atoms with E-state index in [4.69, 9.17) is 10.2 Å². The average molecular weight is 215 g/mol. The van der Waals surface area contributed by atoms with Crippen LogP contribution in [-0.2, 0) is 0 Å². The van der Waals surface area contributed by atoms with E-state index in [9.17, 15) is 0 Å². The summed E-state index contributed by atoms with van der Waals surface area (Å²) in [6, 6.07) is 3.61. The summed E-state index contributed by atoms with van der Waals surface area (Å²) in [5.74, 6) is 0.821. The first-order chi connectivity index (χ1) is 7.74. The van der Waals surface area contributed by atoms with E-state index in [2.05, 4.69) is 20.2 Å². The number of rotatable bonds is 1. The van der Waals surface area contributed by atoms with Crippen molar-refractivity contribution in [2.75, 3.05) is 5.73 Å². The predicted octanol–water partition coefficient (Wildman–Crippen LogP) is 1.50. The van der Waals surface area contributed by atoms with Crippen LogP contribution in [0.4, 0.5) is 5.82 Å². The van der Waals surface area contributed by atoms with E-state index in [0.717, 1.165) is 5.69 Å². The zero-order chi connectivity index (χ0) is 11.1. The molecule has 0 aliphatic heterocycles. The minimum atomic E-state index is 0.325. The Morgan fingerprint density at radius 1 is 1.38 bits per heavy atom. The third-order valence-corrected chi connectivity index (χ3v) is 2.26. The minimum Gasteiger partial charge on any atom is -0.459 e. The molecule has 0 spiro atoms. The summed E-state index contributed by atoms with van der Waals surface area (Å²) in [5, 5.41) is 6.92. The number of fused-ring (bicyclic) bond motifs is 1. The van der Waals surface area contributed by atoms with Crippen molar-refractivity contribution in [2.24, 2.45) is 0 Å². The molecule has 3 heterocycles. The smallest absolute Gasteiger partial charge is 0.194 e. The molecule has 0 aliphatic rings. The number of aromatic nitrogens is 4. The number of aryl methyl sites for hydroxylation is 1. The van der Waals surface area contributed by atoms with E-state index in [1.165, 1.54) is 6.26 Å². The number of anilines is 1. The second-order valence-corrected chi connectivity index (χ2v) is 3.50. The van der Waals surface area contributed by atoms with E-state index in [-0.39, 0.29) is 0 Å². The molecule has 0 unspecified atom stereocenters. The number of nitrogen functional groups attached to an aromatic ring is 1. The Hall–Kier alpha value is -2.37. The Morgan fingerprint density at radius 3 is 3.00 bits per heavy atom. The number of nitrogens with zero attached hydrogens (tertiary/aromatic N) is 3. The number of nitrogens with two attached hydrogens (primary N) is 1. The van der Waals surface area contributed by atoms with Gasteiger partial charge in [-0.25, -0.2) is 9.97 Å². The van der Waals surface area contributed by atoms with E-state index in [0.29, 0.717) is 28.4 Å². The molecular formula is C10H9N5O. The molecule has 0 atom stereocenters. The summed E-state index contributed by atoms with van der Waals surface area (Å²) in [7, 11) is 0. The summed E-state index contributed by atoms with van der Waals surface area (Å²) in [4.78, 5) is 8.46. The second kappa shape index (κ2) is 3.06. The van der Waals surface area contributed by atoms with Gasteiger partial charge in [0.15, 0.2) is 17.2 Å². The van der Waals surface area contributed by atoms with Gasteiger partial charge in [-0.05, 0) is 13.0 Å². The van der Waals surface area contributed by atoms with Crippen molar-refractivity contribution in [3.63, 3.8) is 0 Å². The summed E-state index contributed by atoms with van der Waals surface area (Å²) in [6.45, 7) is 1.91. The molecule has 3 rings (SSSR count). The van der Waals surface area contributed by atoms with Gasteiger partial charge in [0.2, 0.25) is 0 Å². The van der Waals surface area contributed by atoms with Gasteiger partial charge in [0.25, 0.3) is 0 Å². The minimum absolute atomic E-state index is 0.325. The standard InChI is InChI=1S/C10H9N5O/c1-5-4-7(15-14-5)10-12-6-2-3-16-8(6)9(11)13-10/h2-4H,1H3,(H,14,15)(H2,11,12,13). The van der Waals surface area contributed by atoms with Gasteiger partial charge in [0.05, 0.1) is 6.26 Å². The Bertz CT molecular complexity index is 654. The SMILES string of the molecule is Cc1cc(-c2nc(N)c3occc3n2)n[nH]1. The van der Waals surface area contributed by atoms with Crippen molar-refractivity contribution in [1.82, 2.24) is 20.2 Å².